The first-order valence-electron chi connectivity index (χ1n) is 3.66. The molecule has 0 aliphatic carbocycles. The summed E-state index contributed by atoms with van der Waals surface area (Å²) in [5.41, 5.74) is 0.0567. The topological polar surface area (TPSA) is 79.7 Å². The third-order valence-electron chi connectivity index (χ3n) is 1.54. The number of nitrogens with zero attached hydrogens (tertiary/aromatic N) is 1. The Balaban J connectivity index is 3.07. The van der Waals surface area contributed by atoms with E-state index in [-0.39, 0.29) is 16.2 Å². The molecule has 0 saturated carbocycles. The molecular formula is C7H7BClNO4. The standard InChI is InChI=1S/C7H7BClNO4/c1-14-7(11)6-5(9)2-4(3-10-6)8(12)13/h2-3,12-13H,1H3. The molecule has 74 valence electrons. The molecule has 1 rings (SSSR count). The number of hydrogen-bond acceptors (Lipinski definition) is 5. The van der Waals surface area contributed by atoms with Gasteiger partial charge >= 0.3 is 13.1 Å². The Morgan fingerprint density at radius 1 is 1.64 bits per heavy atom. The van der Waals surface area contributed by atoms with Gasteiger partial charge in [0.15, 0.2) is 5.69 Å². The Bertz CT molecular complexity index is 358. The second-order valence-electron chi connectivity index (χ2n) is 2.46. The summed E-state index contributed by atoms with van der Waals surface area (Å²) in [4.78, 5) is 14.7. The first-order chi connectivity index (χ1) is 6.56. The van der Waals surface area contributed by atoms with Gasteiger partial charge in [-0.15, -0.1) is 0 Å². The molecule has 7 heteroatoms. The van der Waals surface area contributed by atoms with Crippen molar-refractivity contribution < 1.29 is 19.6 Å². The molecule has 5 nitrogen and oxygen atoms in total. The van der Waals surface area contributed by atoms with Crippen molar-refractivity contribution in [1.29, 1.82) is 0 Å². The van der Waals surface area contributed by atoms with Gasteiger partial charge in [-0.05, 0) is 6.07 Å². The minimum Gasteiger partial charge on any atom is -0.464 e. The molecule has 2 N–H and O–H groups in total. The normalized spacial score (nSPS) is 9.71. The van der Waals surface area contributed by atoms with Crippen molar-refractivity contribution in [2.45, 2.75) is 0 Å². The molecule has 0 aliphatic rings. The van der Waals surface area contributed by atoms with E-state index >= 15 is 0 Å². The summed E-state index contributed by atoms with van der Waals surface area (Å²) in [6.07, 6.45) is 1.14. The zero-order valence-electron chi connectivity index (χ0n) is 7.27. The number of halogens is 1. The van der Waals surface area contributed by atoms with Gasteiger partial charge in [0.2, 0.25) is 0 Å². The van der Waals surface area contributed by atoms with Gasteiger partial charge in [0, 0.05) is 11.7 Å². The fourth-order valence-corrected chi connectivity index (χ4v) is 1.09. The Hall–Kier alpha value is -1.11. The number of hydrogen-bond donors (Lipinski definition) is 2. The van der Waals surface area contributed by atoms with E-state index in [9.17, 15) is 4.79 Å². The third kappa shape index (κ3) is 2.23. The number of methoxy groups -OCH3 is 1. The molecule has 0 saturated heterocycles. The largest absolute Gasteiger partial charge is 0.490 e. The van der Waals surface area contributed by atoms with Crippen LogP contribution in [0, 0.1) is 0 Å². The predicted octanol–water partition coefficient (Wildman–Crippen LogP) is -0.799. The van der Waals surface area contributed by atoms with Gasteiger partial charge < -0.3 is 14.8 Å². The minimum atomic E-state index is -1.66. The van der Waals surface area contributed by atoms with Gasteiger partial charge in [0.05, 0.1) is 12.1 Å². The summed E-state index contributed by atoms with van der Waals surface area (Å²) >= 11 is 5.66. The van der Waals surface area contributed by atoms with Gasteiger partial charge in [-0.1, -0.05) is 11.6 Å². The second kappa shape index (κ2) is 4.41. The molecule has 1 aromatic heterocycles. The smallest absolute Gasteiger partial charge is 0.464 e. The Kier molecular flexibility index (Phi) is 3.46. The minimum absolute atomic E-state index is 0.0162. The predicted molar refractivity (Wildman–Crippen MR) is 50.4 cm³/mol. The zero-order chi connectivity index (χ0) is 10.7. The molecule has 0 bridgehead atoms. The molecule has 0 atom stereocenters. The van der Waals surface area contributed by atoms with Crippen LogP contribution in [0.15, 0.2) is 12.3 Å². The lowest BCUT2D eigenvalue weighted by atomic mass is 9.82. The van der Waals surface area contributed by atoms with Crippen molar-refractivity contribution in [1.82, 2.24) is 4.98 Å². The monoisotopic (exact) mass is 215 g/mol. The quantitative estimate of drug-likeness (QED) is 0.499. The van der Waals surface area contributed by atoms with Crippen LogP contribution in [0.1, 0.15) is 10.5 Å². The van der Waals surface area contributed by atoms with Gasteiger partial charge in [0.1, 0.15) is 0 Å². The lowest BCUT2D eigenvalue weighted by Gasteiger charge is -2.03. The van der Waals surface area contributed by atoms with Crippen molar-refractivity contribution in [2.24, 2.45) is 0 Å². The van der Waals surface area contributed by atoms with E-state index in [1.807, 2.05) is 0 Å². The lowest BCUT2D eigenvalue weighted by molar-refractivity contribution is 0.0594. The van der Waals surface area contributed by atoms with Crippen LogP contribution in [0.2, 0.25) is 5.02 Å². The van der Waals surface area contributed by atoms with Gasteiger partial charge in [0.25, 0.3) is 0 Å². The van der Waals surface area contributed by atoms with E-state index < -0.39 is 13.1 Å². The van der Waals surface area contributed by atoms with Crippen molar-refractivity contribution >= 4 is 30.2 Å². The maximum atomic E-state index is 11.0. The van der Waals surface area contributed by atoms with Gasteiger partial charge in [-0.25, -0.2) is 9.78 Å². The molecule has 1 aromatic rings. The first kappa shape index (κ1) is 11.0. The SMILES string of the molecule is COC(=O)c1ncc(B(O)O)cc1Cl. The number of rotatable bonds is 2. The molecule has 0 unspecified atom stereocenters. The van der Waals surface area contributed by atoms with Crippen LogP contribution >= 0.6 is 11.6 Å². The Labute approximate surface area is 85.4 Å². The number of carbonyl (C=O) groups is 1. The molecule has 0 spiro atoms. The highest BCUT2D eigenvalue weighted by atomic mass is 35.5. The fourth-order valence-electron chi connectivity index (χ4n) is 0.841. The highest BCUT2D eigenvalue weighted by Gasteiger charge is 2.17. The van der Waals surface area contributed by atoms with E-state index in [1.165, 1.54) is 13.2 Å². The summed E-state index contributed by atoms with van der Waals surface area (Å²) in [5.74, 6) is -0.672. The number of carbonyl (C=O) groups excluding carboxylic acids is 1. The van der Waals surface area contributed by atoms with E-state index in [0.717, 1.165) is 6.20 Å². The van der Waals surface area contributed by atoms with E-state index in [1.54, 1.807) is 0 Å². The average Bonchev–Trinajstić information content (AvgIpc) is 2.16. The number of pyridine rings is 1. The van der Waals surface area contributed by atoms with Crippen molar-refractivity contribution in [2.75, 3.05) is 7.11 Å². The zero-order valence-corrected chi connectivity index (χ0v) is 8.02. The van der Waals surface area contributed by atoms with Crippen LogP contribution in [0.4, 0.5) is 0 Å². The number of ether oxygens (including phenoxy) is 1. The molecule has 0 radical (unpaired) electrons. The molecule has 0 amide bonds. The summed E-state index contributed by atoms with van der Waals surface area (Å²) in [5, 5.41) is 17.6. The van der Waals surface area contributed by atoms with Gasteiger partial charge in [-0.3, -0.25) is 0 Å². The molecule has 0 aliphatic heterocycles. The van der Waals surface area contributed by atoms with Crippen LogP contribution in [0.25, 0.3) is 0 Å². The summed E-state index contributed by atoms with van der Waals surface area (Å²) in [7, 11) is -0.457. The van der Waals surface area contributed by atoms with Crippen molar-refractivity contribution in [3.63, 3.8) is 0 Å². The molecule has 0 fully saturated rings. The van der Waals surface area contributed by atoms with Gasteiger partial charge in [-0.2, -0.15) is 0 Å². The van der Waals surface area contributed by atoms with Crippen LogP contribution in [-0.2, 0) is 4.74 Å². The molecular weight excluding hydrogens is 208 g/mol. The highest BCUT2D eigenvalue weighted by molar-refractivity contribution is 6.59. The third-order valence-corrected chi connectivity index (χ3v) is 1.83. The Morgan fingerprint density at radius 2 is 2.29 bits per heavy atom. The summed E-state index contributed by atoms with van der Waals surface area (Å²) < 4.78 is 4.41. The average molecular weight is 215 g/mol. The summed E-state index contributed by atoms with van der Waals surface area (Å²) in [6.45, 7) is 0. The maximum absolute atomic E-state index is 11.0. The highest BCUT2D eigenvalue weighted by Crippen LogP contribution is 2.11. The molecule has 14 heavy (non-hydrogen) atoms. The van der Waals surface area contributed by atoms with E-state index in [4.69, 9.17) is 21.6 Å². The van der Waals surface area contributed by atoms with Crippen molar-refractivity contribution in [3.05, 3.63) is 23.0 Å². The van der Waals surface area contributed by atoms with Crippen LogP contribution in [0.5, 0.6) is 0 Å². The fraction of sp³-hybridized carbons (Fsp3) is 0.143. The lowest BCUT2D eigenvalue weighted by Crippen LogP contribution is -2.30. The van der Waals surface area contributed by atoms with Crippen LogP contribution < -0.4 is 5.46 Å². The van der Waals surface area contributed by atoms with E-state index in [0.29, 0.717) is 0 Å². The molecule has 1 heterocycles. The number of esters is 1. The molecule has 0 aromatic carbocycles. The first-order valence-corrected chi connectivity index (χ1v) is 4.04. The summed E-state index contributed by atoms with van der Waals surface area (Å²) in [6, 6.07) is 1.24. The number of aromatic nitrogens is 1. The maximum Gasteiger partial charge on any atom is 0.490 e. The van der Waals surface area contributed by atoms with Crippen LogP contribution in [-0.4, -0.2) is 35.2 Å². The second-order valence-corrected chi connectivity index (χ2v) is 2.87. The Morgan fingerprint density at radius 3 is 2.71 bits per heavy atom. The van der Waals surface area contributed by atoms with Crippen molar-refractivity contribution in [3.8, 4) is 0 Å². The van der Waals surface area contributed by atoms with Crippen LogP contribution in [0.3, 0.4) is 0 Å². The van der Waals surface area contributed by atoms with E-state index in [2.05, 4.69) is 9.72 Å².